The van der Waals surface area contributed by atoms with Crippen LogP contribution in [0.1, 0.15) is 61.8 Å². The Morgan fingerprint density at radius 3 is 1.45 bits per heavy atom. The molecule has 0 fully saturated rings. The van der Waals surface area contributed by atoms with Crippen LogP contribution < -0.4 is 0 Å². The first-order valence-electron chi connectivity index (χ1n) is 7.67. The van der Waals surface area contributed by atoms with Crippen LogP contribution in [0.4, 0.5) is 0 Å². The molecule has 0 aromatic rings. The summed E-state index contributed by atoms with van der Waals surface area (Å²) in [5.74, 6) is 2.67. The lowest BCUT2D eigenvalue weighted by Gasteiger charge is -2.45. The van der Waals surface area contributed by atoms with E-state index in [1.165, 1.54) is 0 Å². The number of terminal acetylenes is 1. The van der Waals surface area contributed by atoms with E-state index in [0.29, 0.717) is 37.2 Å². The molecule has 0 aromatic carbocycles. The van der Waals surface area contributed by atoms with E-state index in [1.807, 2.05) is 0 Å². The highest BCUT2D eigenvalue weighted by Crippen LogP contribution is 2.50. The molecule has 0 aliphatic rings. The summed E-state index contributed by atoms with van der Waals surface area (Å²) >= 11 is 0. The smallest absolute Gasteiger partial charge is 0.188 e. The second kappa shape index (κ2) is 9.74. The van der Waals surface area contributed by atoms with Gasteiger partial charge in [0.15, 0.2) is 8.45 Å². The largest absolute Gasteiger partial charge is 0.330 e. The highest BCUT2D eigenvalue weighted by atomic mass is 31.2. The fraction of sp³-hybridized carbons (Fsp3) is 0.875. The topological polar surface area (TPSA) is 15.7 Å². The van der Waals surface area contributed by atoms with E-state index >= 15 is 0 Å². The van der Waals surface area contributed by atoms with Gasteiger partial charge in [0, 0.05) is 30.6 Å². The fourth-order valence-corrected chi connectivity index (χ4v) is 4.76. The molecule has 0 N–H and O–H groups in total. The van der Waals surface area contributed by atoms with Crippen molar-refractivity contribution in [2.75, 3.05) is 6.61 Å². The Bertz CT molecular complexity index is 261. The van der Waals surface area contributed by atoms with Gasteiger partial charge in [0.1, 0.15) is 0 Å². The summed E-state index contributed by atoms with van der Waals surface area (Å²) in [6, 6.07) is 1.80. The quantitative estimate of drug-likeness (QED) is 0.354. The van der Waals surface area contributed by atoms with Crippen LogP contribution >= 0.6 is 8.45 Å². The summed E-state index contributed by atoms with van der Waals surface area (Å²) in [5.41, 5.74) is 0. The van der Waals surface area contributed by atoms with E-state index in [-0.39, 0.29) is 0 Å². The van der Waals surface area contributed by atoms with Gasteiger partial charge >= 0.3 is 0 Å². The van der Waals surface area contributed by atoms with Gasteiger partial charge in [0.05, 0.1) is 6.61 Å². The SMILES string of the molecule is C#CCCOP(N(C(C)C)C(C)C)N(C(C)C)C(C)C. The highest BCUT2D eigenvalue weighted by Gasteiger charge is 2.34. The molecule has 0 atom stereocenters. The van der Waals surface area contributed by atoms with Crippen molar-refractivity contribution in [2.24, 2.45) is 0 Å². The van der Waals surface area contributed by atoms with Gasteiger partial charge in [-0.25, -0.2) is 9.34 Å². The normalized spacial score (nSPS) is 12.7. The summed E-state index contributed by atoms with van der Waals surface area (Å²) < 4.78 is 11.2. The summed E-state index contributed by atoms with van der Waals surface area (Å²) in [4.78, 5) is 0. The minimum atomic E-state index is -0.786. The van der Waals surface area contributed by atoms with Crippen molar-refractivity contribution < 1.29 is 4.52 Å². The standard InChI is InChI=1S/C16H33N2OP/c1-10-11-12-19-20(17(13(2)3)14(4)5)18(15(6)7)16(8)9/h1,13-16H,11-12H2,2-9H3. The van der Waals surface area contributed by atoms with Crippen molar-refractivity contribution >= 4 is 8.45 Å². The molecule has 0 bridgehead atoms. The summed E-state index contributed by atoms with van der Waals surface area (Å²) in [7, 11) is -0.786. The van der Waals surface area contributed by atoms with E-state index in [1.54, 1.807) is 0 Å². The molecule has 0 rings (SSSR count). The van der Waals surface area contributed by atoms with Gasteiger partial charge < -0.3 is 4.52 Å². The van der Waals surface area contributed by atoms with Crippen LogP contribution in [0.25, 0.3) is 0 Å². The molecule has 0 aliphatic carbocycles. The van der Waals surface area contributed by atoms with Crippen molar-refractivity contribution in [1.82, 2.24) is 9.34 Å². The van der Waals surface area contributed by atoms with Gasteiger partial charge in [-0.2, -0.15) is 0 Å². The van der Waals surface area contributed by atoms with Crippen LogP contribution in [0.5, 0.6) is 0 Å². The lowest BCUT2D eigenvalue weighted by Crippen LogP contribution is -2.43. The summed E-state index contributed by atoms with van der Waals surface area (Å²) in [6.45, 7) is 18.5. The Kier molecular flexibility index (Phi) is 9.68. The Balaban J connectivity index is 5.26. The number of rotatable bonds is 9. The van der Waals surface area contributed by atoms with Crippen molar-refractivity contribution in [2.45, 2.75) is 86.0 Å². The average molecular weight is 300 g/mol. The van der Waals surface area contributed by atoms with Crippen LogP contribution in [0.2, 0.25) is 0 Å². The van der Waals surface area contributed by atoms with Gasteiger partial charge in [0.25, 0.3) is 0 Å². The zero-order chi connectivity index (χ0) is 15.9. The first-order chi connectivity index (χ1) is 9.23. The minimum Gasteiger partial charge on any atom is -0.330 e. The third kappa shape index (κ3) is 6.10. The van der Waals surface area contributed by atoms with E-state index in [4.69, 9.17) is 10.9 Å². The average Bonchev–Trinajstić information content (AvgIpc) is 2.26. The Morgan fingerprint density at radius 1 is 0.850 bits per heavy atom. The number of hydrogen-bond donors (Lipinski definition) is 0. The molecule has 4 heteroatoms. The second-order valence-electron chi connectivity index (χ2n) is 6.18. The van der Waals surface area contributed by atoms with E-state index in [0.717, 1.165) is 0 Å². The molecule has 0 heterocycles. The third-order valence-corrected chi connectivity index (χ3v) is 6.02. The summed E-state index contributed by atoms with van der Waals surface area (Å²) in [5, 5.41) is 0. The zero-order valence-electron chi connectivity index (χ0n) is 14.6. The molecule has 118 valence electrons. The molecular formula is C16H33N2OP. The molecule has 20 heavy (non-hydrogen) atoms. The van der Waals surface area contributed by atoms with Crippen molar-refractivity contribution in [1.29, 1.82) is 0 Å². The fourth-order valence-electron chi connectivity index (χ4n) is 2.42. The van der Waals surface area contributed by atoms with E-state index in [9.17, 15) is 0 Å². The number of hydrogen-bond acceptors (Lipinski definition) is 3. The van der Waals surface area contributed by atoms with Crippen LogP contribution in [0.3, 0.4) is 0 Å². The van der Waals surface area contributed by atoms with E-state index < -0.39 is 8.45 Å². The monoisotopic (exact) mass is 300 g/mol. The van der Waals surface area contributed by atoms with E-state index in [2.05, 4.69) is 70.7 Å². The van der Waals surface area contributed by atoms with Gasteiger partial charge in [-0.3, -0.25) is 0 Å². The Labute approximate surface area is 128 Å². The van der Waals surface area contributed by atoms with Gasteiger partial charge in [0.2, 0.25) is 0 Å². The van der Waals surface area contributed by atoms with Gasteiger partial charge in [-0.15, -0.1) is 12.3 Å². The van der Waals surface area contributed by atoms with Crippen molar-refractivity contribution in [3.8, 4) is 12.3 Å². The van der Waals surface area contributed by atoms with Gasteiger partial charge in [-0.1, -0.05) is 0 Å². The Morgan fingerprint density at radius 2 is 1.20 bits per heavy atom. The predicted octanol–water partition coefficient (Wildman–Crippen LogP) is 4.49. The molecule has 0 saturated heterocycles. The molecular weight excluding hydrogens is 267 g/mol. The summed E-state index contributed by atoms with van der Waals surface area (Å²) in [6.07, 6.45) is 6.03. The maximum absolute atomic E-state index is 6.23. The molecule has 0 aromatic heterocycles. The molecule has 0 spiro atoms. The van der Waals surface area contributed by atoms with Crippen LogP contribution in [0.15, 0.2) is 0 Å². The van der Waals surface area contributed by atoms with Crippen molar-refractivity contribution in [3.05, 3.63) is 0 Å². The molecule has 0 radical (unpaired) electrons. The lowest BCUT2D eigenvalue weighted by atomic mass is 10.3. The third-order valence-electron chi connectivity index (χ3n) is 2.96. The molecule has 0 unspecified atom stereocenters. The predicted molar refractivity (Wildman–Crippen MR) is 90.5 cm³/mol. The van der Waals surface area contributed by atoms with Crippen LogP contribution in [-0.4, -0.2) is 40.1 Å². The Hall–Kier alpha value is -0.130. The first kappa shape index (κ1) is 19.9. The maximum atomic E-state index is 6.23. The van der Waals surface area contributed by atoms with Gasteiger partial charge in [-0.05, 0) is 55.4 Å². The maximum Gasteiger partial charge on any atom is 0.188 e. The first-order valence-corrected chi connectivity index (χ1v) is 8.83. The highest BCUT2D eigenvalue weighted by molar-refractivity contribution is 7.47. The molecule has 0 amide bonds. The van der Waals surface area contributed by atoms with Crippen molar-refractivity contribution in [3.63, 3.8) is 0 Å². The molecule has 0 aliphatic heterocycles. The van der Waals surface area contributed by atoms with Crippen LogP contribution in [-0.2, 0) is 4.52 Å². The minimum absolute atomic E-state index is 0.451. The molecule has 3 nitrogen and oxygen atoms in total. The molecule has 0 saturated carbocycles. The van der Waals surface area contributed by atoms with Crippen LogP contribution in [0, 0.1) is 12.3 Å². The zero-order valence-corrected chi connectivity index (χ0v) is 15.4. The number of nitrogens with zero attached hydrogens (tertiary/aromatic N) is 2. The second-order valence-corrected chi connectivity index (χ2v) is 7.86. The lowest BCUT2D eigenvalue weighted by molar-refractivity contribution is 0.189.